The molecule has 0 unspecified atom stereocenters. The highest BCUT2D eigenvalue weighted by Gasteiger charge is 2.16. The van der Waals surface area contributed by atoms with Crippen molar-refractivity contribution in [2.75, 3.05) is 0 Å². The van der Waals surface area contributed by atoms with E-state index in [2.05, 4.69) is 376 Å². The van der Waals surface area contributed by atoms with Crippen molar-refractivity contribution in [1.29, 1.82) is 0 Å². The predicted molar refractivity (Wildman–Crippen MR) is 415 cm³/mol. The molecule has 0 amide bonds. The zero-order chi connectivity index (χ0) is 73.1. The Labute approximate surface area is 590 Å². The van der Waals surface area contributed by atoms with Gasteiger partial charge in [0.15, 0.2) is 54.8 Å². The van der Waals surface area contributed by atoms with Gasteiger partial charge in [0.1, 0.15) is 0 Å². The van der Waals surface area contributed by atoms with Crippen LogP contribution in [0.3, 0.4) is 0 Å². The Balaban J connectivity index is 0.000000549. The van der Waals surface area contributed by atoms with Crippen LogP contribution in [0.25, 0.3) is 0 Å². The molecule has 0 saturated heterocycles. The third-order valence-corrected chi connectivity index (χ3v) is 16.7. The van der Waals surface area contributed by atoms with E-state index in [0.717, 1.165) is 0 Å². The average molecular weight is 1310 g/mol. The van der Waals surface area contributed by atoms with Crippen molar-refractivity contribution in [2.45, 2.75) is 317 Å². The molecule has 8 heterocycles. The first-order valence-corrected chi connectivity index (χ1v) is 36.7. The largest absolute Gasteiger partial charge is 0.264 e. The number of hydrogen-bond acceptors (Lipinski definition) is 5. The van der Waals surface area contributed by atoms with Gasteiger partial charge in [0.25, 0.3) is 0 Å². The SMILES string of the molecule is CC(C)c1cc[n+](C(C)C)cc1.CC(C)c1ccc(C(C)C)nc1.CC(C)c1ccc[n+](C(C)C)c1.CC(C)c1cccc[n+]1C(C)C.CC(C)c1cccnc1C(C)C.CC(C)c1ccnc(C(C)C)c1.CC(C)c1ccncc1C(C)C.CC(C)c1cncc(C(C)C)c1. The second kappa shape index (κ2) is 45.7. The van der Waals surface area contributed by atoms with Crippen LogP contribution in [0.15, 0.2) is 165 Å². The van der Waals surface area contributed by atoms with E-state index in [9.17, 15) is 0 Å². The molecule has 8 aromatic heterocycles. The van der Waals surface area contributed by atoms with Crippen LogP contribution >= 0.6 is 0 Å². The lowest BCUT2D eigenvalue weighted by molar-refractivity contribution is -0.724. The van der Waals surface area contributed by atoms with E-state index in [-0.39, 0.29) is 0 Å². The summed E-state index contributed by atoms with van der Waals surface area (Å²) >= 11 is 0. The summed E-state index contributed by atoms with van der Waals surface area (Å²) in [5, 5.41) is 0. The molecular formula is C88H139N8+3. The molecule has 0 saturated carbocycles. The van der Waals surface area contributed by atoms with Crippen LogP contribution in [0, 0.1) is 0 Å². The number of hydrogen-bond donors (Lipinski definition) is 0. The zero-order valence-corrected chi connectivity index (χ0v) is 66.9. The van der Waals surface area contributed by atoms with Gasteiger partial charge < -0.3 is 0 Å². The van der Waals surface area contributed by atoms with E-state index in [4.69, 9.17) is 0 Å². The lowest BCUT2D eigenvalue weighted by Gasteiger charge is -2.14. The standard InChI is InChI=1S/C11H17N.C11H18N.3C11H17N.2C11H18N.C11H17N/c1-8(2)10-5-11(9(3)4)7-12-6-10;1-9(2)11-5-7-12(8-6-11)10(3)4;1-8(2)10-5-6-12-7-11(10)9(3)4;1-8(2)10-5-6-12-11(7-10)9(3)4;1-8(2)10-5-6-11(9(3)4)12-7-10;1-9(2)11-6-5-7-12(8-11)10(3)4;1-9(2)11-7-5-6-8-12(11)10(3)4;1-8(2)10-6-5-7-12-11(10)9(3)4/h5-9H,1-4H3;5-10H,1-4H3;3*5-9H,1-4H3;2*5-10H,1-4H3;5-9H,1-4H3/q;+1;;;;2*+1;. The quantitative estimate of drug-likeness (QED) is 0.0901. The first-order chi connectivity index (χ1) is 44.9. The number of aromatic nitrogens is 8. The summed E-state index contributed by atoms with van der Waals surface area (Å²) in [7, 11) is 0. The minimum absolute atomic E-state index is 0.531. The molecule has 528 valence electrons. The Morgan fingerprint density at radius 2 is 0.792 bits per heavy atom. The number of rotatable bonds is 16. The van der Waals surface area contributed by atoms with Crippen LogP contribution in [0.1, 0.15) is 389 Å². The van der Waals surface area contributed by atoms with Crippen LogP contribution in [0.4, 0.5) is 0 Å². The minimum atomic E-state index is 0.531. The maximum Gasteiger partial charge on any atom is 0.184 e. The Bertz CT molecular complexity index is 2780. The first kappa shape index (κ1) is 87.2. The summed E-state index contributed by atoms with van der Waals surface area (Å²) in [5.74, 6) is 7.56. The van der Waals surface area contributed by atoms with Gasteiger partial charge in [-0.2, -0.15) is 0 Å². The third-order valence-electron chi connectivity index (χ3n) is 16.7. The summed E-state index contributed by atoms with van der Waals surface area (Å²) in [4.78, 5) is 21.5. The van der Waals surface area contributed by atoms with Crippen LogP contribution in [0.2, 0.25) is 0 Å². The maximum atomic E-state index is 4.40. The number of pyridine rings is 8. The molecule has 0 fully saturated rings. The van der Waals surface area contributed by atoms with E-state index in [1.165, 1.54) is 72.8 Å². The molecule has 8 nitrogen and oxygen atoms in total. The lowest BCUT2D eigenvalue weighted by atomic mass is 9.93. The van der Waals surface area contributed by atoms with Crippen molar-refractivity contribution in [2.24, 2.45) is 0 Å². The minimum Gasteiger partial charge on any atom is -0.264 e. The molecule has 0 aromatic carbocycles. The van der Waals surface area contributed by atoms with Crippen LogP contribution in [-0.4, -0.2) is 24.9 Å². The Hall–Kier alpha value is -6.80. The Morgan fingerprint density at radius 1 is 0.260 bits per heavy atom. The normalized spacial score (nSPS) is 11.2. The van der Waals surface area contributed by atoms with E-state index >= 15 is 0 Å². The fraction of sp³-hybridized carbons (Fsp3) is 0.545. The summed E-state index contributed by atoms with van der Waals surface area (Å²) in [6.45, 7) is 70.5. The fourth-order valence-corrected chi connectivity index (χ4v) is 9.96. The monoisotopic (exact) mass is 1310 g/mol. The summed E-state index contributed by atoms with van der Waals surface area (Å²) in [5.41, 5.74) is 17.4. The van der Waals surface area contributed by atoms with Gasteiger partial charge in [-0.3, -0.25) is 24.9 Å². The highest BCUT2D eigenvalue weighted by molar-refractivity contribution is 5.29. The van der Waals surface area contributed by atoms with Crippen LogP contribution in [-0.2, 0) is 0 Å². The molecule has 0 radical (unpaired) electrons. The maximum absolute atomic E-state index is 4.40. The molecule has 8 rings (SSSR count). The molecule has 0 aliphatic rings. The molecule has 0 aliphatic heterocycles. The smallest absolute Gasteiger partial charge is 0.184 e. The zero-order valence-electron chi connectivity index (χ0n) is 66.9. The van der Waals surface area contributed by atoms with Crippen LogP contribution in [0.5, 0.6) is 0 Å². The second-order valence-corrected chi connectivity index (χ2v) is 30.6. The predicted octanol–water partition coefficient (Wildman–Crippen LogP) is 24.7. The van der Waals surface area contributed by atoms with Crippen molar-refractivity contribution in [3.05, 3.63) is 238 Å². The van der Waals surface area contributed by atoms with Gasteiger partial charge in [-0.15, -0.1) is 0 Å². The Morgan fingerprint density at radius 3 is 1.20 bits per heavy atom. The molecule has 0 N–H and O–H groups in total. The highest BCUT2D eigenvalue weighted by Crippen LogP contribution is 2.26. The summed E-state index contributed by atoms with van der Waals surface area (Å²) in [6.07, 6.45) is 24.4. The van der Waals surface area contributed by atoms with Gasteiger partial charge in [0.2, 0.25) is 0 Å². The lowest BCUT2D eigenvalue weighted by Crippen LogP contribution is -2.40. The molecule has 0 spiro atoms. The summed E-state index contributed by atoms with van der Waals surface area (Å²) in [6, 6.07) is 33.9. The third kappa shape index (κ3) is 33.0. The van der Waals surface area contributed by atoms with E-state index in [1.807, 2.05) is 49.4 Å². The van der Waals surface area contributed by atoms with Crippen molar-refractivity contribution in [3.8, 4) is 0 Å². The van der Waals surface area contributed by atoms with Crippen molar-refractivity contribution < 1.29 is 13.7 Å². The van der Waals surface area contributed by atoms with E-state index < -0.39 is 0 Å². The molecule has 0 bridgehead atoms. The van der Waals surface area contributed by atoms with Gasteiger partial charge in [0, 0.05) is 102 Å². The number of nitrogens with zero attached hydrogens (tertiary/aromatic N) is 8. The van der Waals surface area contributed by atoms with E-state index in [1.54, 1.807) is 0 Å². The average Bonchev–Trinajstić information content (AvgIpc) is 0.912. The van der Waals surface area contributed by atoms with Gasteiger partial charge in [0.05, 0.1) is 0 Å². The first-order valence-electron chi connectivity index (χ1n) is 36.7. The van der Waals surface area contributed by atoms with E-state index in [0.29, 0.717) is 95.1 Å². The molecular weight excluding hydrogens is 1170 g/mol. The Kier molecular flexibility index (Phi) is 41.5. The van der Waals surface area contributed by atoms with Gasteiger partial charge in [-0.1, -0.05) is 204 Å². The molecule has 96 heavy (non-hydrogen) atoms. The molecule has 0 atom stereocenters. The molecule has 0 aliphatic carbocycles. The molecule has 8 heteroatoms. The topological polar surface area (TPSA) is 76.1 Å². The van der Waals surface area contributed by atoms with Gasteiger partial charge in [-0.25, -0.2) is 13.7 Å². The van der Waals surface area contributed by atoms with Crippen molar-refractivity contribution in [1.82, 2.24) is 24.9 Å². The van der Waals surface area contributed by atoms with Crippen molar-refractivity contribution >= 4 is 0 Å². The van der Waals surface area contributed by atoms with Gasteiger partial charge in [-0.05, 0) is 193 Å². The van der Waals surface area contributed by atoms with Crippen LogP contribution < -0.4 is 13.7 Å². The van der Waals surface area contributed by atoms with Crippen molar-refractivity contribution in [3.63, 3.8) is 0 Å². The summed E-state index contributed by atoms with van der Waals surface area (Å²) < 4.78 is 6.78. The second-order valence-electron chi connectivity index (χ2n) is 30.6. The van der Waals surface area contributed by atoms with Gasteiger partial charge >= 0.3 is 0 Å². The highest BCUT2D eigenvalue weighted by atomic mass is 15.0. The fourth-order valence-electron chi connectivity index (χ4n) is 9.96. The molecule has 8 aromatic rings.